The maximum atomic E-state index is 13.5. The van der Waals surface area contributed by atoms with E-state index in [4.69, 9.17) is 0 Å². The Morgan fingerprint density at radius 3 is 1.97 bits per heavy atom. The molecule has 2 fully saturated rings. The predicted octanol–water partition coefficient (Wildman–Crippen LogP) is 8.71. The third kappa shape index (κ3) is 6.36. The van der Waals surface area contributed by atoms with Crippen molar-refractivity contribution in [3.63, 3.8) is 0 Å². The molecule has 0 spiro atoms. The topological polar surface area (TPSA) is 0 Å². The predicted molar refractivity (Wildman–Crippen MR) is 114 cm³/mol. The van der Waals surface area contributed by atoms with Crippen LogP contribution in [0.15, 0.2) is 24.3 Å². The summed E-state index contributed by atoms with van der Waals surface area (Å²) in [6.07, 6.45) is 20.7. The lowest BCUT2D eigenvalue weighted by atomic mass is 9.68. The number of allylic oxidation sites excluding steroid dienone is 2. The highest BCUT2D eigenvalue weighted by Gasteiger charge is 2.31. The van der Waals surface area contributed by atoms with E-state index >= 15 is 0 Å². The van der Waals surface area contributed by atoms with Gasteiger partial charge in [-0.2, -0.15) is 0 Å². The molecular weight excluding hydrogens is 369 g/mol. The zero-order valence-electron chi connectivity index (χ0n) is 17.9. The van der Waals surface area contributed by atoms with E-state index in [0.717, 1.165) is 49.9 Å². The fourth-order valence-corrected chi connectivity index (χ4v) is 5.66. The van der Waals surface area contributed by atoms with Gasteiger partial charge in [0.25, 0.3) is 0 Å². The molecule has 0 N–H and O–H groups in total. The van der Waals surface area contributed by atoms with Crippen molar-refractivity contribution in [3.8, 4) is 0 Å². The molecule has 0 atom stereocenters. The number of rotatable bonds is 8. The van der Waals surface area contributed by atoms with E-state index in [0.29, 0.717) is 5.56 Å². The summed E-state index contributed by atoms with van der Waals surface area (Å²) in [5.74, 6) is -0.764. The van der Waals surface area contributed by atoms with Crippen LogP contribution < -0.4 is 0 Å². The van der Waals surface area contributed by atoms with Crippen LogP contribution in [0.3, 0.4) is 0 Å². The summed E-state index contributed by atoms with van der Waals surface area (Å²) >= 11 is 0. The van der Waals surface area contributed by atoms with Crippen molar-refractivity contribution in [2.24, 2.45) is 17.8 Å². The monoisotopic (exact) mass is 406 g/mol. The molecule has 0 radical (unpaired) electrons. The zero-order valence-corrected chi connectivity index (χ0v) is 17.9. The third-order valence-corrected chi connectivity index (χ3v) is 7.44. The Labute approximate surface area is 175 Å². The van der Waals surface area contributed by atoms with Gasteiger partial charge in [-0.05, 0) is 99.2 Å². The van der Waals surface area contributed by atoms with Crippen molar-refractivity contribution in [2.75, 3.05) is 0 Å². The number of halogens is 3. The van der Waals surface area contributed by atoms with Crippen molar-refractivity contribution in [3.05, 3.63) is 47.3 Å². The highest BCUT2D eigenvalue weighted by atomic mass is 19.2. The average Bonchev–Trinajstić information content (AvgIpc) is 2.75. The number of unbranched alkanes of at least 4 members (excludes halogenated alkanes) is 2. The molecule has 0 amide bonds. The smallest absolute Gasteiger partial charge is 0.194 e. The fourth-order valence-electron chi connectivity index (χ4n) is 5.66. The van der Waals surface area contributed by atoms with E-state index < -0.39 is 17.5 Å². The fraction of sp³-hybridized carbons (Fsp3) is 0.692. The Morgan fingerprint density at radius 2 is 1.38 bits per heavy atom. The third-order valence-electron chi connectivity index (χ3n) is 7.44. The molecule has 3 heteroatoms. The van der Waals surface area contributed by atoms with Gasteiger partial charge in [0.15, 0.2) is 17.5 Å². The first-order chi connectivity index (χ1) is 14.1. The van der Waals surface area contributed by atoms with Crippen molar-refractivity contribution >= 4 is 0 Å². The summed E-state index contributed by atoms with van der Waals surface area (Å²) in [6, 6.07) is 2.40. The van der Waals surface area contributed by atoms with E-state index in [-0.39, 0.29) is 5.92 Å². The van der Waals surface area contributed by atoms with Crippen LogP contribution in [0.2, 0.25) is 0 Å². The zero-order chi connectivity index (χ0) is 20.6. The Kier molecular flexibility index (Phi) is 8.68. The Hall–Kier alpha value is -1.25. The highest BCUT2D eigenvalue weighted by molar-refractivity contribution is 5.23. The van der Waals surface area contributed by atoms with E-state index in [1.165, 1.54) is 63.5 Å². The number of hydrogen-bond donors (Lipinski definition) is 0. The molecule has 1 aromatic rings. The molecule has 0 aliphatic heterocycles. The van der Waals surface area contributed by atoms with Gasteiger partial charge in [0.05, 0.1) is 0 Å². The minimum atomic E-state index is -1.35. The Bertz CT molecular complexity index is 627. The van der Waals surface area contributed by atoms with Gasteiger partial charge in [-0.15, -0.1) is 0 Å². The van der Waals surface area contributed by atoms with Gasteiger partial charge in [0.2, 0.25) is 0 Å². The van der Waals surface area contributed by atoms with E-state index in [1.807, 2.05) is 0 Å². The second-order valence-corrected chi connectivity index (χ2v) is 9.36. The molecule has 2 aliphatic rings. The van der Waals surface area contributed by atoms with Gasteiger partial charge in [-0.1, -0.05) is 44.8 Å². The van der Waals surface area contributed by atoms with Gasteiger partial charge in [-0.3, -0.25) is 0 Å². The Balaban J connectivity index is 1.37. The molecule has 0 saturated heterocycles. The van der Waals surface area contributed by atoms with Crippen LogP contribution in [0.5, 0.6) is 0 Å². The molecule has 0 heterocycles. The summed E-state index contributed by atoms with van der Waals surface area (Å²) in [5, 5.41) is 0. The van der Waals surface area contributed by atoms with Crippen LogP contribution >= 0.6 is 0 Å². The van der Waals surface area contributed by atoms with Crippen molar-refractivity contribution < 1.29 is 13.2 Å². The first-order valence-corrected chi connectivity index (χ1v) is 11.9. The average molecular weight is 407 g/mol. The second kappa shape index (κ2) is 11.2. The molecule has 1 aromatic carbocycles. The number of benzene rings is 1. The van der Waals surface area contributed by atoms with E-state index in [2.05, 4.69) is 19.1 Å². The molecule has 2 saturated carbocycles. The lowest BCUT2D eigenvalue weighted by Gasteiger charge is -2.38. The second-order valence-electron chi connectivity index (χ2n) is 9.36. The molecule has 2 aliphatic carbocycles. The molecule has 29 heavy (non-hydrogen) atoms. The number of hydrogen-bond acceptors (Lipinski definition) is 0. The van der Waals surface area contributed by atoms with Crippen molar-refractivity contribution in [1.29, 1.82) is 0 Å². The van der Waals surface area contributed by atoms with Crippen LogP contribution in [0.25, 0.3) is 0 Å². The lowest BCUT2D eigenvalue weighted by Crippen LogP contribution is -2.25. The first kappa shape index (κ1) is 22.4. The van der Waals surface area contributed by atoms with Gasteiger partial charge < -0.3 is 0 Å². The molecule has 0 aromatic heterocycles. The van der Waals surface area contributed by atoms with Crippen LogP contribution in [0.1, 0.15) is 102 Å². The van der Waals surface area contributed by atoms with Crippen LogP contribution in [-0.4, -0.2) is 0 Å². The molecule has 0 unspecified atom stereocenters. The minimum Gasteiger partial charge on any atom is -0.204 e. The Morgan fingerprint density at radius 1 is 0.793 bits per heavy atom. The van der Waals surface area contributed by atoms with E-state index in [9.17, 15) is 13.2 Å². The van der Waals surface area contributed by atoms with Gasteiger partial charge in [-0.25, -0.2) is 13.2 Å². The lowest BCUT2D eigenvalue weighted by molar-refractivity contribution is 0.155. The molecule has 0 bridgehead atoms. The molecule has 162 valence electrons. The summed E-state index contributed by atoms with van der Waals surface area (Å²) in [7, 11) is 0. The normalized spacial score (nSPS) is 28.1. The molecule has 3 rings (SSSR count). The van der Waals surface area contributed by atoms with Gasteiger partial charge in [0, 0.05) is 0 Å². The summed E-state index contributed by atoms with van der Waals surface area (Å²) in [5.41, 5.74) is 0.636. The van der Waals surface area contributed by atoms with Crippen LogP contribution in [0, 0.1) is 35.2 Å². The maximum Gasteiger partial charge on any atom is 0.194 e. The molecule has 0 nitrogen and oxygen atoms in total. The highest BCUT2D eigenvalue weighted by Crippen LogP contribution is 2.44. The van der Waals surface area contributed by atoms with Crippen LogP contribution in [0.4, 0.5) is 13.2 Å². The van der Waals surface area contributed by atoms with Crippen molar-refractivity contribution in [1.82, 2.24) is 0 Å². The summed E-state index contributed by atoms with van der Waals surface area (Å²) < 4.78 is 40.3. The first-order valence-electron chi connectivity index (χ1n) is 11.9. The van der Waals surface area contributed by atoms with Gasteiger partial charge in [0.1, 0.15) is 0 Å². The largest absolute Gasteiger partial charge is 0.204 e. The quantitative estimate of drug-likeness (QED) is 0.230. The SMILES string of the molecule is CC/C=C/CCCC[C@H]1CC[C@H]([C@H]2CC[C@H](c3cc(F)c(F)c(F)c3)CC2)CC1. The summed E-state index contributed by atoms with van der Waals surface area (Å²) in [4.78, 5) is 0. The molecular formula is C26H37F3. The minimum absolute atomic E-state index is 0.175. The van der Waals surface area contributed by atoms with Crippen molar-refractivity contribution in [2.45, 2.75) is 96.3 Å². The summed E-state index contributed by atoms with van der Waals surface area (Å²) in [6.45, 7) is 2.18. The van der Waals surface area contributed by atoms with Crippen LogP contribution in [-0.2, 0) is 0 Å². The van der Waals surface area contributed by atoms with Gasteiger partial charge >= 0.3 is 0 Å². The standard InChI is InChI=1S/C26H37F3/c1-2-3-4-5-6-7-8-19-9-11-20(12-10-19)21-13-15-22(16-14-21)23-17-24(27)26(29)25(28)18-23/h3-4,17-22H,2,5-16H2,1H3/b4-3+/t19-,20-,21-,22-. The maximum absolute atomic E-state index is 13.5. The van der Waals surface area contributed by atoms with E-state index in [1.54, 1.807) is 0 Å².